The molecule has 2 aromatic carbocycles. The number of hydroxylamine groups is 1. The van der Waals surface area contributed by atoms with Crippen molar-refractivity contribution in [3.05, 3.63) is 76.6 Å². The second kappa shape index (κ2) is 10.3. The van der Waals surface area contributed by atoms with Gasteiger partial charge in [0, 0.05) is 15.5 Å². The van der Waals surface area contributed by atoms with Crippen LogP contribution < -0.4 is 10.8 Å². The normalized spacial score (nSPS) is 11.7. The van der Waals surface area contributed by atoms with Crippen LogP contribution in [0.25, 0.3) is 0 Å². The molecule has 0 fully saturated rings. The lowest BCUT2D eigenvalue weighted by atomic mass is 10.2. The first kappa shape index (κ1) is 22.7. The van der Waals surface area contributed by atoms with Crippen molar-refractivity contribution in [2.45, 2.75) is 23.2 Å². The summed E-state index contributed by atoms with van der Waals surface area (Å²) in [4.78, 5) is 24.6. The number of carbonyl (C=O) groups excluding carboxylic acids is 2. The minimum absolute atomic E-state index is 0.0254. The predicted molar refractivity (Wildman–Crippen MR) is 108 cm³/mol. The molecule has 0 bridgehead atoms. The summed E-state index contributed by atoms with van der Waals surface area (Å²) in [5.41, 5.74) is 1.92. The number of benzene rings is 2. The number of nitrogens with one attached hydrogen (secondary N) is 2. The first-order valence-electron chi connectivity index (χ1n) is 8.85. The van der Waals surface area contributed by atoms with Gasteiger partial charge < -0.3 is 5.32 Å². The largest absolute Gasteiger partial charge is 0.346 e. The number of hydrogen-bond acceptors (Lipinski definition) is 6. The highest BCUT2D eigenvalue weighted by atomic mass is 35.5. The number of rotatable bonds is 8. The highest BCUT2D eigenvalue weighted by Crippen LogP contribution is 2.33. The lowest BCUT2D eigenvalue weighted by molar-refractivity contribution is -0.129. The molecule has 8 nitrogen and oxygen atoms in total. The molecule has 12 heteroatoms. The summed E-state index contributed by atoms with van der Waals surface area (Å²) in [6.07, 6.45) is 1.43. The number of nitrogens with zero attached hydrogens (tertiary/aromatic N) is 3. The SMILES string of the molecule is O=C(CC(Sc1ccc(Cl)cc1)n1cc(CNC(=O)c2ccc(F)c(F)c2)nn1)NO. The van der Waals surface area contributed by atoms with Gasteiger partial charge in [0.05, 0.1) is 19.2 Å². The van der Waals surface area contributed by atoms with Gasteiger partial charge in [-0.15, -0.1) is 5.10 Å². The second-order valence-corrected chi connectivity index (χ2v) is 7.95. The van der Waals surface area contributed by atoms with Gasteiger partial charge >= 0.3 is 0 Å². The van der Waals surface area contributed by atoms with Gasteiger partial charge in [0.2, 0.25) is 5.91 Å². The molecular formula is C19H16ClF2N5O3S. The van der Waals surface area contributed by atoms with E-state index < -0.39 is 28.8 Å². The molecule has 1 atom stereocenters. The van der Waals surface area contributed by atoms with Gasteiger partial charge in [0.15, 0.2) is 11.6 Å². The highest BCUT2D eigenvalue weighted by Gasteiger charge is 2.19. The Bertz CT molecular complexity index is 1080. The van der Waals surface area contributed by atoms with Crippen molar-refractivity contribution in [2.75, 3.05) is 0 Å². The molecule has 0 aliphatic rings. The van der Waals surface area contributed by atoms with Crippen LogP contribution in [0.1, 0.15) is 27.8 Å². The molecule has 162 valence electrons. The molecule has 3 N–H and O–H groups in total. The Kier molecular flexibility index (Phi) is 7.55. The van der Waals surface area contributed by atoms with Gasteiger partial charge in [-0.25, -0.2) is 18.9 Å². The predicted octanol–water partition coefficient (Wildman–Crippen LogP) is 3.33. The van der Waals surface area contributed by atoms with E-state index in [9.17, 15) is 18.4 Å². The van der Waals surface area contributed by atoms with Gasteiger partial charge in [-0.2, -0.15) is 0 Å². The maximum atomic E-state index is 13.3. The minimum atomic E-state index is -1.12. The Balaban J connectivity index is 1.68. The van der Waals surface area contributed by atoms with Crippen LogP contribution in [0.4, 0.5) is 8.78 Å². The number of carbonyl (C=O) groups is 2. The summed E-state index contributed by atoms with van der Waals surface area (Å²) in [6, 6.07) is 9.78. The monoisotopic (exact) mass is 467 g/mol. The average molecular weight is 468 g/mol. The minimum Gasteiger partial charge on any atom is -0.346 e. The Morgan fingerprint density at radius 1 is 1.16 bits per heavy atom. The average Bonchev–Trinajstić information content (AvgIpc) is 3.24. The topological polar surface area (TPSA) is 109 Å². The molecule has 0 spiro atoms. The Labute approximate surface area is 184 Å². The lowest BCUT2D eigenvalue weighted by Crippen LogP contribution is -2.23. The molecule has 0 saturated carbocycles. The van der Waals surface area contributed by atoms with Gasteiger partial charge in [-0.3, -0.25) is 14.8 Å². The maximum Gasteiger partial charge on any atom is 0.251 e. The van der Waals surface area contributed by atoms with E-state index in [2.05, 4.69) is 15.6 Å². The van der Waals surface area contributed by atoms with Crippen LogP contribution in [0.5, 0.6) is 0 Å². The summed E-state index contributed by atoms with van der Waals surface area (Å²) in [6.45, 7) is -0.0254. The molecule has 0 radical (unpaired) electrons. The highest BCUT2D eigenvalue weighted by molar-refractivity contribution is 7.99. The zero-order valence-electron chi connectivity index (χ0n) is 15.8. The molecule has 1 unspecified atom stereocenters. The number of halogens is 3. The van der Waals surface area contributed by atoms with Crippen molar-refractivity contribution in [3.63, 3.8) is 0 Å². The summed E-state index contributed by atoms with van der Waals surface area (Å²) in [5.74, 6) is -3.39. The van der Waals surface area contributed by atoms with Crippen molar-refractivity contribution in [2.24, 2.45) is 0 Å². The summed E-state index contributed by atoms with van der Waals surface area (Å²) < 4.78 is 27.7. The maximum absolute atomic E-state index is 13.3. The molecule has 2 amide bonds. The fourth-order valence-electron chi connectivity index (χ4n) is 2.51. The van der Waals surface area contributed by atoms with Crippen molar-refractivity contribution < 1.29 is 23.6 Å². The van der Waals surface area contributed by atoms with E-state index >= 15 is 0 Å². The Hall–Kier alpha value is -3.02. The van der Waals surface area contributed by atoms with Gasteiger partial charge in [0.1, 0.15) is 11.1 Å². The molecule has 1 aromatic heterocycles. The van der Waals surface area contributed by atoms with E-state index in [1.165, 1.54) is 22.6 Å². The molecule has 3 aromatic rings. The molecule has 3 rings (SSSR count). The van der Waals surface area contributed by atoms with Crippen molar-refractivity contribution >= 4 is 35.2 Å². The van der Waals surface area contributed by atoms with Gasteiger partial charge in [0.25, 0.3) is 5.91 Å². The number of hydrogen-bond donors (Lipinski definition) is 3. The first-order valence-corrected chi connectivity index (χ1v) is 10.1. The fraction of sp³-hybridized carbons (Fsp3) is 0.158. The standard InChI is InChI=1S/C19H16ClF2N5O3S/c20-12-2-4-14(5-3-12)31-18(8-17(28)25-30)27-10-13(24-26-27)9-23-19(29)11-1-6-15(21)16(22)7-11/h1-7,10,18,30H,8-9H2,(H,23,29)(H,25,28). The third-order valence-electron chi connectivity index (χ3n) is 4.04. The Morgan fingerprint density at radius 3 is 2.58 bits per heavy atom. The number of amides is 2. The third kappa shape index (κ3) is 6.23. The zero-order valence-corrected chi connectivity index (χ0v) is 17.3. The fourth-order valence-corrected chi connectivity index (χ4v) is 3.69. The smallest absolute Gasteiger partial charge is 0.251 e. The van der Waals surface area contributed by atoms with Crippen LogP contribution in [-0.2, 0) is 11.3 Å². The van der Waals surface area contributed by atoms with E-state index in [1.807, 2.05) is 0 Å². The van der Waals surface area contributed by atoms with E-state index in [0.717, 1.165) is 23.1 Å². The van der Waals surface area contributed by atoms with E-state index in [4.69, 9.17) is 16.8 Å². The van der Waals surface area contributed by atoms with Gasteiger partial charge in [-0.1, -0.05) is 28.6 Å². The Morgan fingerprint density at radius 2 is 1.90 bits per heavy atom. The third-order valence-corrected chi connectivity index (χ3v) is 5.49. The lowest BCUT2D eigenvalue weighted by Gasteiger charge is -2.15. The van der Waals surface area contributed by atoms with Crippen LogP contribution in [0.3, 0.4) is 0 Å². The number of thioether (sulfide) groups is 1. The first-order chi connectivity index (χ1) is 14.9. The molecule has 0 saturated heterocycles. The van der Waals surface area contributed by atoms with Crippen molar-refractivity contribution in [1.82, 2.24) is 25.8 Å². The molecule has 1 heterocycles. The van der Waals surface area contributed by atoms with Crippen LogP contribution in [0, 0.1) is 11.6 Å². The van der Waals surface area contributed by atoms with Crippen LogP contribution in [0.2, 0.25) is 5.02 Å². The molecule has 0 aliphatic heterocycles. The van der Waals surface area contributed by atoms with Crippen molar-refractivity contribution in [1.29, 1.82) is 0 Å². The quantitative estimate of drug-likeness (QED) is 0.266. The molecular weight excluding hydrogens is 452 g/mol. The van der Waals surface area contributed by atoms with E-state index in [1.54, 1.807) is 29.7 Å². The number of aromatic nitrogens is 3. The zero-order chi connectivity index (χ0) is 22.4. The molecule has 31 heavy (non-hydrogen) atoms. The van der Waals surface area contributed by atoms with Crippen LogP contribution >= 0.6 is 23.4 Å². The summed E-state index contributed by atoms with van der Waals surface area (Å²) in [7, 11) is 0. The van der Waals surface area contributed by atoms with Crippen LogP contribution in [-0.4, -0.2) is 32.0 Å². The molecule has 0 aliphatic carbocycles. The van der Waals surface area contributed by atoms with Crippen LogP contribution in [0.15, 0.2) is 53.6 Å². The van der Waals surface area contributed by atoms with E-state index in [0.29, 0.717) is 10.7 Å². The second-order valence-electron chi connectivity index (χ2n) is 6.27. The van der Waals surface area contributed by atoms with Gasteiger partial charge in [-0.05, 0) is 42.5 Å². The summed E-state index contributed by atoms with van der Waals surface area (Å²) in [5, 5.41) is 19.4. The van der Waals surface area contributed by atoms with Crippen molar-refractivity contribution in [3.8, 4) is 0 Å². The summed E-state index contributed by atoms with van der Waals surface area (Å²) >= 11 is 7.19. The van der Waals surface area contributed by atoms with E-state index in [-0.39, 0.29) is 18.5 Å².